The number of nitrogens with one attached hydrogen (secondary N) is 2. The third-order valence-electron chi connectivity index (χ3n) is 3.13. The minimum atomic E-state index is -4.56. The summed E-state index contributed by atoms with van der Waals surface area (Å²) < 4.78 is 32.8. The van der Waals surface area contributed by atoms with Gasteiger partial charge in [0, 0.05) is 18.2 Å². The molecule has 0 radical (unpaired) electrons. The van der Waals surface area contributed by atoms with Gasteiger partial charge >= 0.3 is 0 Å². The van der Waals surface area contributed by atoms with Crippen LogP contribution in [0.4, 0.5) is 17.1 Å². The number of hydrogen-bond donors (Lipinski definition) is 5. The first-order valence-corrected chi connectivity index (χ1v) is 7.92. The van der Waals surface area contributed by atoms with Gasteiger partial charge in [0.15, 0.2) is 0 Å². The Bertz CT molecular complexity index is 848. The molecule has 7 N–H and O–H groups in total. The second kappa shape index (κ2) is 6.24. The SMILES string of the molecule is CC(=O)Nc1ccc(-c2ccc(NN)c(N)c2S(=O)(=O)O)cc1. The maximum Gasteiger partial charge on any atom is 0.297 e. The van der Waals surface area contributed by atoms with Crippen LogP contribution in [-0.4, -0.2) is 18.9 Å². The van der Waals surface area contributed by atoms with E-state index in [2.05, 4.69) is 10.7 Å². The number of benzene rings is 2. The molecule has 8 nitrogen and oxygen atoms in total. The van der Waals surface area contributed by atoms with E-state index in [1.165, 1.54) is 19.1 Å². The van der Waals surface area contributed by atoms with Crippen LogP contribution >= 0.6 is 0 Å². The molecule has 2 rings (SSSR count). The molecule has 0 aliphatic rings. The Balaban J connectivity index is 2.59. The number of hydrogen-bond acceptors (Lipinski definition) is 6. The van der Waals surface area contributed by atoms with Crippen LogP contribution in [0.25, 0.3) is 11.1 Å². The highest BCUT2D eigenvalue weighted by molar-refractivity contribution is 7.86. The van der Waals surface area contributed by atoms with E-state index < -0.39 is 15.0 Å². The van der Waals surface area contributed by atoms with Crippen molar-refractivity contribution in [3.05, 3.63) is 36.4 Å². The maximum atomic E-state index is 11.7. The van der Waals surface area contributed by atoms with Gasteiger partial charge in [0.1, 0.15) is 4.90 Å². The van der Waals surface area contributed by atoms with Crippen molar-refractivity contribution in [1.82, 2.24) is 0 Å². The quantitative estimate of drug-likeness (QED) is 0.245. The van der Waals surface area contributed by atoms with Gasteiger partial charge in [0.25, 0.3) is 10.1 Å². The van der Waals surface area contributed by atoms with Gasteiger partial charge in [-0.15, -0.1) is 0 Å². The molecule has 2 aromatic carbocycles. The third kappa shape index (κ3) is 3.59. The first kappa shape index (κ1) is 16.7. The lowest BCUT2D eigenvalue weighted by Gasteiger charge is -2.14. The summed E-state index contributed by atoms with van der Waals surface area (Å²) in [5, 5.41) is 2.60. The molecule has 0 aromatic heterocycles. The second-order valence-corrected chi connectivity index (χ2v) is 6.14. The van der Waals surface area contributed by atoms with Gasteiger partial charge in [-0.3, -0.25) is 15.2 Å². The van der Waals surface area contributed by atoms with Crippen molar-refractivity contribution in [2.75, 3.05) is 16.5 Å². The predicted octanol–water partition coefficient (Wildman–Crippen LogP) is 1.43. The lowest BCUT2D eigenvalue weighted by atomic mass is 10.0. The maximum absolute atomic E-state index is 11.7. The second-order valence-electron chi connectivity index (χ2n) is 4.78. The van der Waals surface area contributed by atoms with Gasteiger partial charge < -0.3 is 16.5 Å². The van der Waals surface area contributed by atoms with Crippen molar-refractivity contribution in [1.29, 1.82) is 0 Å². The molecule has 0 heterocycles. The van der Waals surface area contributed by atoms with Crippen LogP contribution in [-0.2, 0) is 14.9 Å². The zero-order valence-corrected chi connectivity index (χ0v) is 13.0. The highest BCUT2D eigenvalue weighted by Gasteiger charge is 2.22. The number of nitrogens with two attached hydrogens (primary N) is 2. The van der Waals surface area contributed by atoms with Crippen LogP contribution in [0, 0.1) is 0 Å². The van der Waals surface area contributed by atoms with E-state index in [0.717, 1.165) is 0 Å². The van der Waals surface area contributed by atoms with Crippen molar-refractivity contribution in [3.63, 3.8) is 0 Å². The smallest absolute Gasteiger partial charge is 0.297 e. The Morgan fingerprint density at radius 3 is 2.22 bits per heavy atom. The minimum Gasteiger partial charge on any atom is -0.396 e. The van der Waals surface area contributed by atoms with E-state index in [0.29, 0.717) is 11.3 Å². The number of rotatable bonds is 4. The van der Waals surface area contributed by atoms with E-state index in [4.69, 9.17) is 11.6 Å². The Hall–Kier alpha value is -2.62. The minimum absolute atomic E-state index is 0.177. The largest absolute Gasteiger partial charge is 0.396 e. The molecule has 23 heavy (non-hydrogen) atoms. The van der Waals surface area contributed by atoms with Gasteiger partial charge in [-0.05, 0) is 23.8 Å². The lowest BCUT2D eigenvalue weighted by molar-refractivity contribution is -0.114. The summed E-state index contributed by atoms with van der Waals surface area (Å²) >= 11 is 0. The third-order valence-corrected chi connectivity index (χ3v) is 4.08. The molecule has 0 unspecified atom stereocenters. The van der Waals surface area contributed by atoms with Crippen molar-refractivity contribution in [3.8, 4) is 11.1 Å². The molecule has 122 valence electrons. The zero-order valence-electron chi connectivity index (χ0n) is 12.2. The van der Waals surface area contributed by atoms with E-state index in [9.17, 15) is 17.8 Å². The first-order valence-electron chi connectivity index (χ1n) is 6.48. The lowest BCUT2D eigenvalue weighted by Crippen LogP contribution is -2.13. The number of carbonyl (C=O) groups is 1. The Morgan fingerprint density at radius 2 is 1.74 bits per heavy atom. The summed E-state index contributed by atoms with van der Waals surface area (Å²) in [4.78, 5) is 10.6. The normalized spacial score (nSPS) is 11.1. The van der Waals surface area contributed by atoms with Crippen LogP contribution in [0.1, 0.15) is 6.92 Å². The first-order chi connectivity index (χ1) is 10.7. The van der Waals surface area contributed by atoms with E-state index in [1.807, 2.05) is 0 Å². The summed E-state index contributed by atoms with van der Waals surface area (Å²) in [6.07, 6.45) is 0. The highest BCUT2D eigenvalue weighted by atomic mass is 32.2. The molecule has 0 saturated carbocycles. The van der Waals surface area contributed by atoms with Crippen LogP contribution in [0.2, 0.25) is 0 Å². The molecule has 1 amide bonds. The molecule has 9 heteroatoms. The average molecular weight is 336 g/mol. The molecule has 0 spiro atoms. The molecule has 0 bridgehead atoms. The fraction of sp³-hybridized carbons (Fsp3) is 0.0714. The number of anilines is 3. The van der Waals surface area contributed by atoms with E-state index >= 15 is 0 Å². The number of hydrazine groups is 1. The van der Waals surface area contributed by atoms with Gasteiger partial charge in [-0.2, -0.15) is 8.42 Å². The summed E-state index contributed by atoms with van der Waals surface area (Å²) in [6.45, 7) is 1.38. The molecule has 0 aliphatic heterocycles. The number of carbonyl (C=O) groups excluding carboxylic acids is 1. The molecule has 2 aromatic rings. The van der Waals surface area contributed by atoms with Crippen molar-refractivity contribution >= 4 is 33.1 Å². The van der Waals surface area contributed by atoms with Gasteiger partial charge in [-0.1, -0.05) is 18.2 Å². The van der Waals surface area contributed by atoms with E-state index in [1.54, 1.807) is 24.3 Å². The van der Waals surface area contributed by atoms with Crippen molar-refractivity contribution in [2.45, 2.75) is 11.8 Å². The summed E-state index contributed by atoms with van der Waals surface area (Å²) in [7, 11) is -4.56. The summed E-state index contributed by atoms with van der Waals surface area (Å²) in [5.41, 5.74) is 9.32. The predicted molar refractivity (Wildman–Crippen MR) is 88.2 cm³/mol. The average Bonchev–Trinajstić information content (AvgIpc) is 2.45. The molecule has 0 saturated heterocycles. The molecular formula is C14H16N4O4S. The van der Waals surface area contributed by atoms with Crippen LogP contribution in [0.15, 0.2) is 41.3 Å². The van der Waals surface area contributed by atoms with Crippen LogP contribution in [0.3, 0.4) is 0 Å². The van der Waals surface area contributed by atoms with Gasteiger partial charge in [0.2, 0.25) is 5.91 Å². The fourth-order valence-electron chi connectivity index (χ4n) is 2.17. The molecule has 0 fully saturated rings. The van der Waals surface area contributed by atoms with E-state index in [-0.39, 0.29) is 22.8 Å². The number of nitrogen functional groups attached to an aromatic ring is 2. The molecule has 0 atom stereocenters. The molecule has 0 aliphatic carbocycles. The summed E-state index contributed by atoms with van der Waals surface area (Å²) in [5.74, 6) is 5.05. The van der Waals surface area contributed by atoms with Crippen molar-refractivity contribution < 1.29 is 17.8 Å². The Kier molecular flexibility index (Phi) is 4.55. The highest BCUT2D eigenvalue weighted by Crippen LogP contribution is 2.36. The number of amides is 1. The Morgan fingerprint density at radius 1 is 1.13 bits per heavy atom. The van der Waals surface area contributed by atoms with Crippen LogP contribution in [0.5, 0.6) is 0 Å². The van der Waals surface area contributed by atoms with Crippen LogP contribution < -0.4 is 22.3 Å². The summed E-state index contributed by atoms with van der Waals surface area (Å²) in [6, 6.07) is 9.39. The fourth-order valence-corrected chi connectivity index (χ4v) is 3.02. The molecular weight excluding hydrogens is 320 g/mol. The topological polar surface area (TPSA) is 148 Å². The Labute approximate surface area is 133 Å². The van der Waals surface area contributed by atoms with Crippen molar-refractivity contribution in [2.24, 2.45) is 5.84 Å². The van der Waals surface area contributed by atoms with Gasteiger partial charge in [0.05, 0.1) is 11.4 Å². The standard InChI is InChI=1S/C14H16N4O4S/c1-8(19)17-10-4-2-9(3-5-10)11-6-7-12(18-16)13(15)14(11)23(20,21)22/h2-7,18H,15-16H2,1H3,(H,17,19)(H,20,21,22). The monoisotopic (exact) mass is 336 g/mol. The van der Waals surface area contributed by atoms with Gasteiger partial charge in [-0.25, -0.2) is 0 Å². The zero-order chi connectivity index (χ0) is 17.2.